The molecule has 0 aliphatic carbocycles. The van der Waals surface area contributed by atoms with Crippen molar-refractivity contribution >= 4 is 26.0 Å². The minimum Gasteiger partial charge on any atom is -0.351 e. The number of carbonyl (C=O) groups excluding carboxylic acids is 1. The van der Waals surface area contributed by atoms with Gasteiger partial charge < -0.3 is 5.32 Å². The fraction of sp³-hybridized carbons (Fsp3) is 0.929. The highest BCUT2D eigenvalue weighted by Crippen LogP contribution is 2.16. The highest BCUT2D eigenvalue weighted by atomic mass is 32.2. The van der Waals surface area contributed by atoms with Crippen molar-refractivity contribution < 1.29 is 21.6 Å². The van der Waals surface area contributed by atoms with Crippen molar-refractivity contribution in [2.75, 3.05) is 37.7 Å². The molecule has 1 amide bonds. The van der Waals surface area contributed by atoms with Gasteiger partial charge in [-0.25, -0.2) is 8.42 Å². The smallest absolute Gasteiger partial charge is 0.282 e. The first-order chi connectivity index (χ1) is 11.2. The van der Waals surface area contributed by atoms with Crippen LogP contribution in [0.2, 0.25) is 0 Å². The summed E-state index contributed by atoms with van der Waals surface area (Å²) in [6, 6.07) is -0.415. The van der Waals surface area contributed by atoms with Crippen LogP contribution in [0.5, 0.6) is 0 Å². The van der Waals surface area contributed by atoms with Gasteiger partial charge in [-0.05, 0) is 19.3 Å². The third kappa shape index (κ3) is 5.14. The molecule has 0 aromatic carbocycles. The minimum absolute atomic E-state index is 0.0657. The Morgan fingerprint density at radius 2 is 1.83 bits per heavy atom. The van der Waals surface area contributed by atoms with Crippen LogP contribution < -0.4 is 5.32 Å². The van der Waals surface area contributed by atoms with Crippen LogP contribution in [0.25, 0.3) is 0 Å². The lowest BCUT2D eigenvalue weighted by molar-refractivity contribution is -0.121. The quantitative estimate of drug-likeness (QED) is 0.682. The Morgan fingerprint density at radius 3 is 2.33 bits per heavy atom. The van der Waals surface area contributed by atoms with Crippen LogP contribution in [-0.2, 0) is 24.8 Å². The second-order valence-corrected chi connectivity index (χ2v) is 10.6. The van der Waals surface area contributed by atoms with E-state index in [1.165, 1.54) is 4.31 Å². The molecule has 140 valence electrons. The first-order valence-electron chi connectivity index (χ1n) is 8.49. The number of hydrogen-bond donors (Lipinski definition) is 1. The molecule has 0 radical (unpaired) electrons. The molecule has 1 atom stereocenters. The SMILES string of the molecule is CCN(CC(=O)N[C@@H]1CCS(=O)(=O)C1)S(=O)(=O)N1CCCCCC1. The summed E-state index contributed by atoms with van der Waals surface area (Å²) in [4.78, 5) is 12.1. The second kappa shape index (κ2) is 8.11. The van der Waals surface area contributed by atoms with Crippen molar-refractivity contribution in [1.82, 2.24) is 13.9 Å². The topological polar surface area (TPSA) is 104 Å². The predicted molar refractivity (Wildman–Crippen MR) is 91.4 cm³/mol. The molecule has 0 unspecified atom stereocenters. The highest BCUT2D eigenvalue weighted by molar-refractivity contribution is 7.91. The van der Waals surface area contributed by atoms with E-state index in [4.69, 9.17) is 0 Å². The molecule has 0 bridgehead atoms. The number of amides is 1. The number of rotatable bonds is 6. The third-order valence-corrected chi connectivity index (χ3v) is 8.31. The van der Waals surface area contributed by atoms with Crippen LogP contribution in [-0.4, -0.2) is 75.1 Å². The zero-order valence-electron chi connectivity index (χ0n) is 14.1. The fourth-order valence-corrected chi connectivity index (χ4v) is 6.46. The van der Waals surface area contributed by atoms with E-state index in [2.05, 4.69) is 5.32 Å². The maximum atomic E-state index is 12.7. The predicted octanol–water partition coefficient (Wildman–Crippen LogP) is -0.268. The number of carbonyl (C=O) groups is 1. The van der Waals surface area contributed by atoms with Crippen LogP contribution in [0.1, 0.15) is 39.0 Å². The molecular weight excluding hydrogens is 354 g/mol. The van der Waals surface area contributed by atoms with Gasteiger partial charge in [0.15, 0.2) is 9.84 Å². The van der Waals surface area contributed by atoms with Crippen LogP contribution in [0, 0.1) is 0 Å². The molecule has 2 heterocycles. The summed E-state index contributed by atoms with van der Waals surface area (Å²) < 4.78 is 50.9. The summed E-state index contributed by atoms with van der Waals surface area (Å²) in [6.45, 7) is 2.60. The standard InChI is InChI=1S/C14H27N3O5S2/c1-2-16(24(21,22)17-8-5-3-4-6-9-17)11-14(18)15-13-7-10-23(19,20)12-13/h13H,2-12H2,1H3,(H,15,18)/t13-/m1/s1. The van der Waals surface area contributed by atoms with Crippen molar-refractivity contribution in [3.63, 3.8) is 0 Å². The molecule has 0 aromatic rings. The zero-order chi connectivity index (χ0) is 17.8. The number of hydrogen-bond acceptors (Lipinski definition) is 5. The molecular formula is C14H27N3O5S2. The number of nitrogens with one attached hydrogen (secondary N) is 1. The van der Waals surface area contributed by atoms with Gasteiger partial charge in [0.05, 0.1) is 18.1 Å². The Bertz CT molecular complexity index is 639. The Kier molecular flexibility index (Phi) is 6.63. The molecule has 2 fully saturated rings. The van der Waals surface area contributed by atoms with Crippen LogP contribution >= 0.6 is 0 Å². The molecule has 8 nitrogen and oxygen atoms in total. The Labute approximate surface area is 144 Å². The molecule has 2 aliphatic rings. The summed E-state index contributed by atoms with van der Waals surface area (Å²) in [5.41, 5.74) is 0. The van der Waals surface area contributed by atoms with Gasteiger partial charge in [-0.1, -0.05) is 19.8 Å². The average molecular weight is 382 g/mol. The molecule has 1 N–H and O–H groups in total. The zero-order valence-corrected chi connectivity index (χ0v) is 15.7. The van der Waals surface area contributed by atoms with Crippen molar-refractivity contribution in [2.24, 2.45) is 0 Å². The highest BCUT2D eigenvalue weighted by Gasteiger charge is 2.33. The summed E-state index contributed by atoms with van der Waals surface area (Å²) in [5, 5.41) is 2.64. The van der Waals surface area contributed by atoms with Gasteiger partial charge in [-0.3, -0.25) is 4.79 Å². The molecule has 0 spiro atoms. The molecule has 10 heteroatoms. The monoisotopic (exact) mass is 381 g/mol. The molecule has 2 rings (SSSR count). The summed E-state index contributed by atoms with van der Waals surface area (Å²) >= 11 is 0. The van der Waals surface area contributed by atoms with Crippen molar-refractivity contribution in [3.8, 4) is 0 Å². The van der Waals surface area contributed by atoms with E-state index in [0.717, 1.165) is 30.0 Å². The van der Waals surface area contributed by atoms with Gasteiger partial charge in [0.25, 0.3) is 10.2 Å². The maximum Gasteiger partial charge on any atom is 0.282 e. The van der Waals surface area contributed by atoms with Crippen molar-refractivity contribution in [2.45, 2.75) is 45.1 Å². The van der Waals surface area contributed by atoms with E-state index >= 15 is 0 Å². The van der Waals surface area contributed by atoms with E-state index < -0.39 is 32.0 Å². The average Bonchev–Trinajstić information content (AvgIpc) is 2.71. The summed E-state index contributed by atoms with van der Waals surface area (Å²) in [6.07, 6.45) is 4.11. The lowest BCUT2D eigenvalue weighted by atomic mass is 10.2. The first-order valence-corrected chi connectivity index (χ1v) is 11.7. The van der Waals surface area contributed by atoms with Crippen LogP contribution in [0.3, 0.4) is 0 Å². The third-order valence-electron chi connectivity index (χ3n) is 4.49. The van der Waals surface area contributed by atoms with Crippen LogP contribution in [0.15, 0.2) is 0 Å². The number of nitrogens with zero attached hydrogens (tertiary/aromatic N) is 2. The van der Waals surface area contributed by atoms with E-state index in [1.807, 2.05) is 0 Å². The lowest BCUT2D eigenvalue weighted by Crippen LogP contribution is -2.49. The molecule has 2 aliphatic heterocycles. The molecule has 0 saturated carbocycles. The molecule has 24 heavy (non-hydrogen) atoms. The van der Waals surface area contributed by atoms with Crippen molar-refractivity contribution in [3.05, 3.63) is 0 Å². The second-order valence-electron chi connectivity index (χ2n) is 6.41. The van der Waals surface area contributed by atoms with Crippen LogP contribution in [0.4, 0.5) is 0 Å². The molecule has 2 saturated heterocycles. The lowest BCUT2D eigenvalue weighted by Gasteiger charge is -2.28. The van der Waals surface area contributed by atoms with Gasteiger partial charge in [-0.2, -0.15) is 17.0 Å². The van der Waals surface area contributed by atoms with Gasteiger partial charge in [0, 0.05) is 25.7 Å². The first kappa shape index (κ1) is 19.6. The normalized spacial score (nSPS) is 25.5. The fourth-order valence-electron chi connectivity index (χ4n) is 3.13. The largest absolute Gasteiger partial charge is 0.351 e. The Balaban J connectivity index is 1.96. The van der Waals surface area contributed by atoms with Gasteiger partial charge >= 0.3 is 0 Å². The summed E-state index contributed by atoms with van der Waals surface area (Å²) in [7, 11) is -6.74. The minimum atomic E-state index is -3.66. The van der Waals surface area contributed by atoms with Gasteiger partial charge in [0.1, 0.15) is 0 Å². The number of likely N-dealkylation sites (N-methyl/N-ethyl adjacent to an activating group) is 1. The molecule has 0 aromatic heterocycles. The van der Waals surface area contributed by atoms with E-state index in [1.54, 1.807) is 6.92 Å². The van der Waals surface area contributed by atoms with Crippen molar-refractivity contribution in [1.29, 1.82) is 0 Å². The van der Waals surface area contributed by atoms with E-state index in [0.29, 0.717) is 19.5 Å². The summed E-state index contributed by atoms with van der Waals surface area (Å²) in [5.74, 6) is -0.442. The van der Waals surface area contributed by atoms with E-state index in [9.17, 15) is 21.6 Å². The Hall–Kier alpha value is -0.710. The van der Waals surface area contributed by atoms with Gasteiger partial charge in [-0.15, -0.1) is 0 Å². The van der Waals surface area contributed by atoms with Gasteiger partial charge in [0.2, 0.25) is 5.91 Å². The maximum absolute atomic E-state index is 12.7. The van der Waals surface area contributed by atoms with E-state index in [-0.39, 0.29) is 24.6 Å². The Morgan fingerprint density at radius 1 is 1.21 bits per heavy atom. The number of sulfone groups is 1.